The first-order valence-electron chi connectivity index (χ1n) is 5.59. The van der Waals surface area contributed by atoms with Crippen molar-refractivity contribution in [2.24, 2.45) is 0 Å². The minimum Gasteiger partial charge on any atom is -0.462 e. The second kappa shape index (κ2) is 6.59. The summed E-state index contributed by atoms with van der Waals surface area (Å²) in [6, 6.07) is 0. The van der Waals surface area contributed by atoms with Crippen LogP contribution in [0.1, 0.15) is 28.4 Å². The molecular formula is C11H8ClF6NO3. The first kappa shape index (κ1) is 18.3. The van der Waals surface area contributed by atoms with Gasteiger partial charge in [0.2, 0.25) is 5.88 Å². The second-order valence-electron chi connectivity index (χ2n) is 3.74. The second-order valence-corrected chi connectivity index (χ2v) is 4.01. The van der Waals surface area contributed by atoms with E-state index in [-0.39, 0.29) is 6.61 Å². The number of aromatic nitrogens is 1. The molecular weight excluding hydrogens is 344 g/mol. The highest BCUT2D eigenvalue weighted by Gasteiger charge is 2.43. The van der Waals surface area contributed by atoms with Gasteiger partial charge in [0.15, 0.2) is 0 Å². The number of rotatable bonds is 4. The van der Waals surface area contributed by atoms with Gasteiger partial charge in [-0.15, -0.1) is 24.8 Å². The molecule has 4 nitrogen and oxygen atoms in total. The van der Waals surface area contributed by atoms with Gasteiger partial charge in [-0.1, -0.05) is 0 Å². The van der Waals surface area contributed by atoms with Gasteiger partial charge in [0.25, 0.3) is 0 Å². The van der Waals surface area contributed by atoms with Crippen molar-refractivity contribution in [1.82, 2.24) is 4.98 Å². The lowest BCUT2D eigenvalue weighted by molar-refractivity contribution is -0.276. The number of carbonyl (C=O) groups is 1. The Morgan fingerprint density at radius 2 is 1.86 bits per heavy atom. The topological polar surface area (TPSA) is 48.4 Å². The van der Waals surface area contributed by atoms with Crippen molar-refractivity contribution >= 4 is 17.6 Å². The van der Waals surface area contributed by atoms with E-state index < -0.39 is 47.0 Å². The lowest BCUT2D eigenvalue weighted by atomic mass is 10.0. The highest BCUT2D eigenvalue weighted by molar-refractivity contribution is 6.17. The van der Waals surface area contributed by atoms with Gasteiger partial charge >= 0.3 is 18.5 Å². The van der Waals surface area contributed by atoms with Crippen LogP contribution in [0.25, 0.3) is 0 Å². The number of carbonyl (C=O) groups excluding carboxylic acids is 1. The van der Waals surface area contributed by atoms with Crippen LogP contribution in [0.15, 0.2) is 6.20 Å². The number of hydrogen-bond donors (Lipinski definition) is 0. The van der Waals surface area contributed by atoms with Crippen LogP contribution in [0.5, 0.6) is 5.88 Å². The lowest BCUT2D eigenvalue weighted by Crippen LogP contribution is -2.24. The van der Waals surface area contributed by atoms with Gasteiger partial charge in [-0.25, -0.2) is 9.78 Å². The van der Waals surface area contributed by atoms with E-state index in [1.165, 1.54) is 6.92 Å². The number of halogens is 7. The molecule has 1 heterocycles. The third kappa shape index (κ3) is 4.39. The van der Waals surface area contributed by atoms with Gasteiger partial charge < -0.3 is 9.47 Å². The number of pyridine rings is 1. The molecule has 11 heteroatoms. The summed E-state index contributed by atoms with van der Waals surface area (Å²) in [5.74, 6) is -3.92. The number of hydrogen-bond acceptors (Lipinski definition) is 4. The maximum absolute atomic E-state index is 13.1. The van der Waals surface area contributed by atoms with Crippen molar-refractivity contribution in [1.29, 1.82) is 0 Å². The predicted molar refractivity (Wildman–Crippen MR) is 61.4 cm³/mol. The average molecular weight is 352 g/mol. The van der Waals surface area contributed by atoms with Gasteiger partial charge in [-0.05, 0) is 12.5 Å². The monoisotopic (exact) mass is 351 g/mol. The first-order valence-corrected chi connectivity index (χ1v) is 6.12. The maximum atomic E-state index is 13.1. The van der Waals surface area contributed by atoms with E-state index in [1.54, 1.807) is 0 Å². The van der Waals surface area contributed by atoms with E-state index in [0.29, 0.717) is 6.20 Å². The fourth-order valence-corrected chi connectivity index (χ4v) is 1.74. The largest absolute Gasteiger partial charge is 0.574 e. The molecule has 0 amide bonds. The Morgan fingerprint density at radius 1 is 1.27 bits per heavy atom. The molecule has 0 fully saturated rings. The quantitative estimate of drug-likeness (QED) is 0.469. The summed E-state index contributed by atoms with van der Waals surface area (Å²) in [7, 11) is 0. The molecule has 0 radical (unpaired) electrons. The molecule has 22 heavy (non-hydrogen) atoms. The zero-order valence-corrected chi connectivity index (χ0v) is 11.6. The Kier molecular flexibility index (Phi) is 5.49. The number of ether oxygens (including phenoxy) is 2. The molecule has 124 valence electrons. The molecule has 0 aliphatic carbocycles. The normalized spacial score (nSPS) is 12.2. The third-order valence-electron chi connectivity index (χ3n) is 2.24. The van der Waals surface area contributed by atoms with Crippen LogP contribution in [-0.2, 0) is 16.8 Å². The van der Waals surface area contributed by atoms with Crippen molar-refractivity contribution in [3.8, 4) is 5.88 Å². The molecule has 0 bridgehead atoms. The summed E-state index contributed by atoms with van der Waals surface area (Å²) in [4.78, 5) is 14.7. The standard InChI is InChI=1S/C11H8ClF6NO3/c1-2-21-9(20)6-7(10(13,14)15)5(3-12)4-19-8(6)22-11(16,17)18/h4H,2-3H2,1H3. The smallest absolute Gasteiger partial charge is 0.462 e. The summed E-state index contributed by atoms with van der Waals surface area (Å²) in [6.45, 7) is 0.918. The summed E-state index contributed by atoms with van der Waals surface area (Å²) in [6.07, 6.45) is -10.0. The predicted octanol–water partition coefficient (Wildman–Crippen LogP) is 3.91. The van der Waals surface area contributed by atoms with Crippen molar-refractivity contribution < 1.29 is 40.6 Å². The molecule has 0 spiro atoms. The molecule has 1 aromatic rings. The molecule has 0 saturated carbocycles. The van der Waals surface area contributed by atoms with Gasteiger partial charge in [0.1, 0.15) is 5.56 Å². The zero-order chi connectivity index (χ0) is 17.1. The fraction of sp³-hybridized carbons (Fsp3) is 0.455. The average Bonchev–Trinajstić information content (AvgIpc) is 2.35. The van der Waals surface area contributed by atoms with E-state index >= 15 is 0 Å². The summed E-state index contributed by atoms with van der Waals surface area (Å²) >= 11 is 5.32. The number of nitrogens with zero attached hydrogens (tertiary/aromatic N) is 1. The van der Waals surface area contributed by atoms with Gasteiger partial charge in [0, 0.05) is 12.1 Å². The van der Waals surface area contributed by atoms with Crippen molar-refractivity contribution in [3.05, 3.63) is 22.9 Å². The molecule has 0 aromatic carbocycles. The molecule has 1 aromatic heterocycles. The zero-order valence-electron chi connectivity index (χ0n) is 10.8. The van der Waals surface area contributed by atoms with Crippen LogP contribution in [0, 0.1) is 0 Å². The van der Waals surface area contributed by atoms with Gasteiger partial charge in [-0.2, -0.15) is 13.2 Å². The highest BCUT2D eigenvalue weighted by Crippen LogP contribution is 2.39. The molecule has 0 aliphatic rings. The van der Waals surface area contributed by atoms with Crippen LogP contribution in [0.3, 0.4) is 0 Å². The summed E-state index contributed by atoms with van der Waals surface area (Å²) < 4.78 is 83.7. The summed E-state index contributed by atoms with van der Waals surface area (Å²) in [5, 5.41) is 0. The van der Waals surface area contributed by atoms with Gasteiger partial charge in [0.05, 0.1) is 12.2 Å². The van der Waals surface area contributed by atoms with Crippen LogP contribution in [0.2, 0.25) is 0 Å². The van der Waals surface area contributed by atoms with E-state index in [2.05, 4.69) is 14.5 Å². The van der Waals surface area contributed by atoms with E-state index in [4.69, 9.17) is 11.6 Å². The summed E-state index contributed by atoms with van der Waals surface area (Å²) in [5.41, 5.74) is -3.81. The molecule has 1 rings (SSSR count). The number of alkyl halides is 7. The maximum Gasteiger partial charge on any atom is 0.574 e. The Morgan fingerprint density at radius 3 is 2.27 bits per heavy atom. The van der Waals surface area contributed by atoms with Crippen LogP contribution >= 0.6 is 11.6 Å². The first-order chi connectivity index (χ1) is 10.0. The molecule has 0 aliphatic heterocycles. The SMILES string of the molecule is CCOC(=O)c1c(OC(F)(F)F)ncc(CCl)c1C(F)(F)F. The Hall–Kier alpha value is -1.71. The van der Waals surface area contributed by atoms with E-state index in [9.17, 15) is 31.1 Å². The molecule has 0 atom stereocenters. The van der Waals surface area contributed by atoms with Crippen LogP contribution < -0.4 is 4.74 Å². The molecule has 0 N–H and O–H groups in total. The Labute approximate surface area is 125 Å². The van der Waals surface area contributed by atoms with Crippen molar-refractivity contribution in [2.45, 2.75) is 25.3 Å². The Bertz CT molecular complexity index is 558. The van der Waals surface area contributed by atoms with Gasteiger partial charge in [-0.3, -0.25) is 0 Å². The third-order valence-corrected chi connectivity index (χ3v) is 2.53. The lowest BCUT2D eigenvalue weighted by Gasteiger charge is -2.18. The van der Waals surface area contributed by atoms with Crippen molar-refractivity contribution in [3.63, 3.8) is 0 Å². The van der Waals surface area contributed by atoms with Crippen LogP contribution in [-0.4, -0.2) is 23.9 Å². The van der Waals surface area contributed by atoms with Crippen LogP contribution in [0.4, 0.5) is 26.3 Å². The highest BCUT2D eigenvalue weighted by atomic mass is 35.5. The van der Waals surface area contributed by atoms with E-state index in [1.807, 2.05) is 0 Å². The minimum absolute atomic E-state index is 0.354. The molecule has 0 saturated heterocycles. The number of esters is 1. The molecule has 0 unspecified atom stereocenters. The Balaban J connectivity index is 3.62. The van der Waals surface area contributed by atoms with E-state index in [0.717, 1.165) is 0 Å². The van der Waals surface area contributed by atoms with Crippen molar-refractivity contribution in [2.75, 3.05) is 6.61 Å². The minimum atomic E-state index is -5.33. The fourth-order valence-electron chi connectivity index (χ4n) is 1.54.